The Labute approximate surface area is 213 Å². The van der Waals surface area contributed by atoms with Crippen LogP contribution >= 0.6 is 0 Å². The summed E-state index contributed by atoms with van der Waals surface area (Å²) in [5.41, 5.74) is 4.47. The molecule has 0 bridgehead atoms. The number of rotatable bonds is 9. The Bertz CT molecular complexity index is 1560. The highest BCUT2D eigenvalue weighted by atomic mass is 19.1. The summed E-state index contributed by atoms with van der Waals surface area (Å²) in [4.78, 5) is 18.4. The molecule has 0 amide bonds. The number of tetrazole rings is 1. The number of H-pyrrole nitrogens is 1. The monoisotopic (exact) mass is 500 g/mol. The molecule has 1 unspecified atom stereocenters. The zero-order chi connectivity index (χ0) is 25.9. The van der Waals surface area contributed by atoms with Crippen LogP contribution in [0.25, 0.3) is 10.9 Å². The number of nitrogens with one attached hydrogen (secondary N) is 1. The van der Waals surface area contributed by atoms with Gasteiger partial charge in [-0.25, -0.2) is 9.07 Å². The van der Waals surface area contributed by atoms with E-state index in [1.807, 2.05) is 31.2 Å². The van der Waals surface area contributed by atoms with Crippen molar-refractivity contribution in [3.63, 3.8) is 0 Å². The molecule has 1 atom stereocenters. The second kappa shape index (κ2) is 10.5. The average molecular weight is 501 g/mol. The van der Waals surface area contributed by atoms with Crippen molar-refractivity contribution < 1.29 is 8.81 Å². The van der Waals surface area contributed by atoms with E-state index in [2.05, 4.69) is 45.3 Å². The maximum absolute atomic E-state index is 13.4. The van der Waals surface area contributed by atoms with Crippen molar-refractivity contribution in [2.45, 2.75) is 52.9 Å². The van der Waals surface area contributed by atoms with Crippen LogP contribution in [0.5, 0.6) is 0 Å². The quantitative estimate of drug-likeness (QED) is 0.304. The van der Waals surface area contributed by atoms with E-state index in [4.69, 9.17) is 4.42 Å². The maximum Gasteiger partial charge on any atom is 0.252 e. The lowest BCUT2D eigenvalue weighted by molar-refractivity contribution is 0.149. The van der Waals surface area contributed by atoms with Gasteiger partial charge < -0.3 is 9.40 Å². The van der Waals surface area contributed by atoms with Gasteiger partial charge in [0.25, 0.3) is 5.56 Å². The molecule has 9 heteroatoms. The van der Waals surface area contributed by atoms with Gasteiger partial charge in [-0.05, 0) is 83.8 Å². The summed E-state index contributed by atoms with van der Waals surface area (Å²) in [6.07, 6.45) is 2.34. The van der Waals surface area contributed by atoms with Crippen LogP contribution in [0.1, 0.15) is 53.2 Å². The molecule has 0 saturated heterocycles. The standard InChI is InChI=1S/C28H29FN6O2/c1-4-26(27-31-32-33-35(27)15-20-7-9-22(29)10-8-20)34(17-23-6-5-11-37-23)16-21-14-24-19(3)12-18(2)13-25(24)30-28(21)36/h5-14,26H,4,15-17H2,1-3H3,(H,30,36). The molecule has 0 spiro atoms. The number of halogens is 1. The van der Waals surface area contributed by atoms with Crippen LogP contribution < -0.4 is 5.56 Å². The highest BCUT2D eigenvalue weighted by Crippen LogP contribution is 2.27. The van der Waals surface area contributed by atoms with E-state index in [1.54, 1.807) is 23.1 Å². The van der Waals surface area contributed by atoms with Crippen LogP contribution in [-0.2, 0) is 19.6 Å². The molecule has 0 radical (unpaired) electrons. The molecule has 0 saturated carbocycles. The van der Waals surface area contributed by atoms with E-state index in [0.29, 0.717) is 37.4 Å². The van der Waals surface area contributed by atoms with Crippen molar-refractivity contribution >= 4 is 10.9 Å². The Morgan fingerprint density at radius 1 is 1.11 bits per heavy atom. The van der Waals surface area contributed by atoms with Crippen LogP contribution in [0.4, 0.5) is 4.39 Å². The van der Waals surface area contributed by atoms with Crippen LogP contribution in [0, 0.1) is 19.7 Å². The van der Waals surface area contributed by atoms with Gasteiger partial charge in [-0.15, -0.1) is 5.10 Å². The lowest BCUT2D eigenvalue weighted by Gasteiger charge is -2.29. The maximum atomic E-state index is 13.4. The molecule has 0 fully saturated rings. The van der Waals surface area contributed by atoms with Crippen molar-refractivity contribution in [3.8, 4) is 0 Å². The SMILES string of the molecule is CCC(c1nnnn1Cc1ccc(F)cc1)N(Cc1ccco1)Cc1cc2c(C)cc(C)cc2[nH]c1=O. The molecule has 3 aromatic heterocycles. The fourth-order valence-corrected chi connectivity index (χ4v) is 4.86. The molecule has 0 aliphatic rings. The number of aromatic amines is 1. The second-order valence-electron chi connectivity index (χ2n) is 9.40. The molecule has 1 N–H and O–H groups in total. The van der Waals surface area contributed by atoms with Gasteiger partial charge in [-0.1, -0.05) is 25.1 Å². The minimum absolute atomic E-state index is 0.122. The summed E-state index contributed by atoms with van der Waals surface area (Å²) in [5.74, 6) is 1.16. The first-order valence-electron chi connectivity index (χ1n) is 12.3. The van der Waals surface area contributed by atoms with Crippen LogP contribution in [0.3, 0.4) is 0 Å². The Hall–Kier alpha value is -4.11. The first kappa shape index (κ1) is 24.6. The van der Waals surface area contributed by atoms with E-state index < -0.39 is 0 Å². The van der Waals surface area contributed by atoms with Crippen molar-refractivity contribution in [1.82, 2.24) is 30.1 Å². The van der Waals surface area contributed by atoms with Gasteiger partial charge in [0, 0.05) is 23.0 Å². The van der Waals surface area contributed by atoms with E-state index in [9.17, 15) is 9.18 Å². The van der Waals surface area contributed by atoms with Gasteiger partial charge in [0.1, 0.15) is 11.6 Å². The highest BCUT2D eigenvalue weighted by molar-refractivity contribution is 5.83. The average Bonchev–Trinajstić information content (AvgIpc) is 3.54. The number of aryl methyl sites for hydroxylation is 2. The van der Waals surface area contributed by atoms with Crippen molar-refractivity contribution in [2.24, 2.45) is 0 Å². The zero-order valence-electron chi connectivity index (χ0n) is 21.1. The summed E-state index contributed by atoms with van der Waals surface area (Å²) in [7, 11) is 0. The molecule has 2 aromatic carbocycles. The van der Waals surface area contributed by atoms with E-state index in [1.165, 1.54) is 12.1 Å². The molecule has 190 valence electrons. The molecule has 3 heterocycles. The summed E-state index contributed by atoms with van der Waals surface area (Å²) in [5, 5.41) is 13.5. The first-order chi connectivity index (χ1) is 17.9. The second-order valence-corrected chi connectivity index (χ2v) is 9.40. The molecule has 37 heavy (non-hydrogen) atoms. The minimum atomic E-state index is -0.289. The Morgan fingerprint density at radius 2 is 1.92 bits per heavy atom. The smallest absolute Gasteiger partial charge is 0.252 e. The number of benzene rings is 2. The van der Waals surface area contributed by atoms with Crippen LogP contribution in [0.2, 0.25) is 0 Å². The number of aromatic nitrogens is 5. The summed E-state index contributed by atoms with van der Waals surface area (Å²) in [6.45, 7) is 7.39. The normalized spacial score (nSPS) is 12.5. The summed E-state index contributed by atoms with van der Waals surface area (Å²) >= 11 is 0. The van der Waals surface area contributed by atoms with Gasteiger partial charge in [0.05, 0.1) is 25.4 Å². The van der Waals surface area contributed by atoms with Gasteiger partial charge in [0.15, 0.2) is 5.82 Å². The van der Waals surface area contributed by atoms with Gasteiger partial charge in [0.2, 0.25) is 0 Å². The number of furan rings is 1. The predicted molar refractivity (Wildman–Crippen MR) is 138 cm³/mol. The molecule has 0 aliphatic heterocycles. The lowest BCUT2D eigenvalue weighted by atomic mass is 10.0. The molecule has 8 nitrogen and oxygen atoms in total. The molecular weight excluding hydrogens is 471 g/mol. The van der Waals surface area contributed by atoms with Crippen LogP contribution in [-0.4, -0.2) is 30.1 Å². The van der Waals surface area contributed by atoms with Crippen molar-refractivity contribution in [2.75, 3.05) is 0 Å². The van der Waals surface area contributed by atoms with E-state index >= 15 is 0 Å². The Balaban J connectivity index is 1.51. The van der Waals surface area contributed by atoms with E-state index in [-0.39, 0.29) is 17.4 Å². The zero-order valence-corrected chi connectivity index (χ0v) is 21.1. The van der Waals surface area contributed by atoms with Crippen LogP contribution in [0.15, 0.2) is 70.1 Å². The minimum Gasteiger partial charge on any atom is -0.468 e. The molecule has 5 aromatic rings. The third kappa shape index (κ3) is 5.36. The topological polar surface area (TPSA) is 92.8 Å². The predicted octanol–water partition coefficient (Wildman–Crippen LogP) is 5.07. The number of hydrogen-bond donors (Lipinski definition) is 1. The van der Waals surface area contributed by atoms with Crippen molar-refractivity contribution in [1.29, 1.82) is 0 Å². The number of pyridine rings is 1. The molecule has 0 aliphatic carbocycles. The third-order valence-corrected chi connectivity index (χ3v) is 6.63. The van der Waals surface area contributed by atoms with Gasteiger partial charge in [-0.2, -0.15) is 0 Å². The van der Waals surface area contributed by atoms with Crippen molar-refractivity contribution in [3.05, 3.63) is 111 Å². The molecule has 5 rings (SSSR count). The van der Waals surface area contributed by atoms with E-state index in [0.717, 1.165) is 33.4 Å². The highest BCUT2D eigenvalue weighted by Gasteiger charge is 2.27. The largest absolute Gasteiger partial charge is 0.468 e. The number of fused-ring (bicyclic) bond motifs is 1. The Kier molecular flexibility index (Phi) is 6.96. The fraction of sp³-hybridized carbons (Fsp3) is 0.286. The number of hydrogen-bond acceptors (Lipinski definition) is 6. The first-order valence-corrected chi connectivity index (χ1v) is 12.3. The number of nitrogens with zero attached hydrogens (tertiary/aromatic N) is 5. The fourth-order valence-electron chi connectivity index (χ4n) is 4.86. The van der Waals surface area contributed by atoms with Gasteiger partial charge in [-0.3, -0.25) is 9.69 Å². The molecular formula is C28H29FN6O2. The summed E-state index contributed by atoms with van der Waals surface area (Å²) in [6, 6.07) is 15.9. The lowest BCUT2D eigenvalue weighted by Crippen LogP contribution is -2.32. The Morgan fingerprint density at radius 3 is 2.65 bits per heavy atom. The summed E-state index contributed by atoms with van der Waals surface area (Å²) < 4.78 is 20.8. The van der Waals surface area contributed by atoms with Gasteiger partial charge >= 0.3 is 0 Å². The third-order valence-electron chi connectivity index (χ3n) is 6.63.